The van der Waals surface area contributed by atoms with Gasteiger partial charge in [-0.15, -0.1) is 0 Å². The molecular weight excluding hydrogens is 336 g/mol. The van der Waals surface area contributed by atoms with Crippen LogP contribution in [-0.4, -0.2) is 29.7 Å². The Labute approximate surface area is 161 Å². The maximum Gasteiger partial charge on any atom is 0.163 e. The standard InChI is InChI=1S/C22H26N4O/c1-4-26(5-2)21-16-20(23-18-14-10-11-15-19(18)27-6-3)24-22(25-21)17-12-8-7-9-13-17/h7-16H,4-6H2,1-3H3,(H,23,24,25). The third-order valence-corrected chi connectivity index (χ3v) is 4.28. The molecule has 0 radical (unpaired) electrons. The molecule has 5 heteroatoms. The minimum atomic E-state index is 0.614. The van der Waals surface area contributed by atoms with Crippen molar-refractivity contribution < 1.29 is 4.74 Å². The van der Waals surface area contributed by atoms with Crippen LogP contribution < -0.4 is 15.0 Å². The van der Waals surface area contributed by atoms with Crippen molar-refractivity contribution in [2.75, 3.05) is 29.9 Å². The molecule has 0 aliphatic carbocycles. The van der Waals surface area contributed by atoms with Crippen LogP contribution in [0.2, 0.25) is 0 Å². The van der Waals surface area contributed by atoms with E-state index in [1.807, 2.05) is 67.6 Å². The summed E-state index contributed by atoms with van der Waals surface area (Å²) in [5.41, 5.74) is 1.88. The highest BCUT2D eigenvalue weighted by Crippen LogP contribution is 2.29. The Balaban J connectivity index is 2.03. The van der Waals surface area contributed by atoms with E-state index < -0.39 is 0 Å². The summed E-state index contributed by atoms with van der Waals surface area (Å²) in [7, 11) is 0. The fourth-order valence-corrected chi connectivity index (χ4v) is 2.91. The number of rotatable bonds is 8. The van der Waals surface area contributed by atoms with E-state index in [9.17, 15) is 0 Å². The number of para-hydroxylation sites is 2. The molecule has 27 heavy (non-hydrogen) atoms. The van der Waals surface area contributed by atoms with E-state index in [4.69, 9.17) is 14.7 Å². The van der Waals surface area contributed by atoms with Crippen molar-refractivity contribution in [2.24, 2.45) is 0 Å². The predicted molar refractivity (Wildman–Crippen MR) is 112 cm³/mol. The molecule has 1 aromatic heterocycles. The highest BCUT2D eigenvalue weighted by atomic mass is 16.5. The van der Waals surface area contributed by atoms with Crippen molar-refractivity contribution in [1.82, 2.24) is 9.97 Å². The summed E-state index contributed by atoms with van der Waals surface area (Å²) in [6.07, 6.45) is 0. The van der Waals surface area contributed by atoms with Gasteiger partial charge in [-0.2, -0.15) is 0 Å². The minimum absolute atomic E-state index is 0.614. The highest BCUT2D eigenvalue weighted by molar-refractivity contribution is 5.68. The zero-order chi connectivity index (χ0) is 19.1. The van der Waals surface area contributed by atoms with Gasteiger partial charge in [0.1, 0.15) is 17.4 Å². The smallest absolute Gasteiger partial charge is 0.163 e. The van der Waals surface area contributed by atoms with E-state index in [0.29, 0.717) is 12.4 Å². The fourth-order valence-electron chi connectivity index (χ4n) is 2.91. The monoisotopic (exact) mass is 362 g/mol. The summed E-state index contributed by atoms with van der Waals surface area (Å²) in [5, 5.41) is 3.41. The molecule has 3 rings (SSSR count). The molecule has 0 spiro atoms. The lowest BCUT2D eigenvalue weighted by Crippen LogP contribution is -2.23. The van der Waals surface area contributed by atoms with Gasteiger partial charge in [-0.3, -0.25) is 0 Å². The van der Waals surface area contributed by atoms with Crippen LogP contribution in [0.15, 0.2) is 60.7 Å². The Hall–Kier alpha value is -3.08. The summed E-state index contributed by atoms with van der Waals surface area (Å²) in [4.78, 5) is 11.8. The lowest BCUT2D eigenvalue weighted by molar-refractivity contribution is 0.342. The van der Waals surface area contributed by atoms with Gasteiger partial charge in [-0.05, 0) is 32.9 Å². The van der Waals surface area contributed by atoms with Gasteiger partial charge in [0.05, 0.1) is 12.3 Å². The second-order valence-electron chi connectivity index (χ2n) is 6.03. The third-order valence-electron chi connectivity index (χ3n) is 4.28. The highest BCUT2D eigenvalue weighted by Gasteiger charge is 2.12. The minimum Gasteiger partial charge on any atom is -0.492 e. The summed E-state index contributed by atoms with van der Waals surface area (Å²) in [5.74, 6) is 3.17. The van der Waals surface area contributed by atoms with Crippen LogP contribution in [0, 0.1) is 0 Å². The Kier molecular flexibility index (Phi) is 6.26. The first-order chi connectivity index (χ1) is 13.2. The average Bonchev–Trinajstić information content (AvgIpc) is 2.71. The SMILES string of the molecule is CCOc1ccccc1Nc1cc(N(CC)CC)nc(-c2ccccc2)n1. The fraction of sp³-hybridized carbons (Fsp3) is 0.273. The van der Waals surface area contributed by atoms with Crippen molar-refractivity contribution in [3.05, 3.63) is 60.7 Å². The maximum atomic E-state index is 5.73. The Morgan fingerprint density at radius 2 is 1.59 bits per heavy atom. The van der Waals surface area contributed by atoms with Crippen LogP contribution in [0.3, 0.4) is 0 Å². The third kappa shape index (κ3) is 4.56. The maximum absolute atomic E-state index is 5.73. The van der Waals surface area contributed by atoms with Gasteiger partial charge in [0.25, 0.3) is 0 Å². The van der Waals surface area contributed by atoms with Gasteiger partial charge >= 0.3 is 0 Å². The number of nitrogens with one attached hydrogen (secondary N) is 1. The molecule has 0 atom stereocenters. The Bertz CT molecular complexity index is 863. The van der Waals surface area contributed by atoms with Gasteiger partial charge in [0.2, 0.25) is 0 Å². The van der Waals surface area contributed by atoms with Gasteiger partial charge in [0, 0.05) is 24.7 Å². The summed E-state index contributed by atoms with van der Waals surface area (Å²) < 4.78 is 5.73. The van der Waals surface area contributed by atoms with Crippen molar-refractivity contribution in [2.45, 2.75) is 20.8 Å². The van der Waals surface area contributed by atoms with Crippen molar-refractivity contribution in [3.8, 4) is 17.1 Å². The summed E-state index contributed by atoms with van der Waals surface area (Å²) in [6.45, 7) is 8.62. The summed E-state index contributed by atoms with van der Waals surface area (Å²) in [6, 6.07) is 19.9. The average molecular weight is 362 g/mol. The van der Waals surface area contributed by atoms with Gasteiger partial charge in [-0.25, -0.2) is 9.97 Å². The second kappa shape index (κ2) is 9.03. The number of nitrogens with zero attached hydrogens (tertiary/aromatic N) is 3. The lowest BCUT2D eigenvalue weighted by atomic mass is 10.2. The molecule has 0 saturated heterocycles. The topological polar surface area (TPSA) is 50.3 Å². The first-order valence-corrected chi connectivity index (χ1v) is 9.43. The van der Waals surface area contributed by atoms with E-state index >= 15 is 0 Å². The number of hydrogen-bond acceptors (Lipinski definition) is 5. The van der Waals surface area contributed by atoms with Crippen LogP contribution in [0.5, 0.6) is 5.75 Å². The molecule has 0 saturated carbocycles. The van der Waals surface area contributed by atoms with Gasteiger partial charge in [0.15, 0.2) is 5.82 Å². The zero-order valence-electron chi connectivity index (χ0n) is 16.1. The number of ether oxygens (including phenoxy) is 1. The molecule has 1 heterocycles. The molecule has 0 aliphatic rings. The molecule has 3 aromatic rings. The zero-order valence-corrected chi connectivity index (χ0v) is 16.1. The number of benzene rings is 2. The van der Waals surface area contributed by atoms with E-state index in [0.717, 1.165) is 41.7 Å². The van der Waals surface area contributed by atoms with Crippen molar-refractivity contribution >= 4 is 17.3 Å². The second-order valence-corrected chi connectivity index (χ2v) is 6.03. The van der Waals surface area contributed by atoms with Crippen LogP contribution in [-0.2, 0) is 0 Å². The largest absolute Gasteiger partial charge is 0.492 e. The van der Waals surface area contributed by atoms with Crippen molar-refractivity contribution in [3.63, 3.8) is 0 Å². The van der Waals surface area contributed by atoms with E-state index in [1.165, 1.54) is 0 Å². The molecule has 2 aromatic carbocycles. The van der Waals surface area contributed by atoms with E-state index in [2.05, 4.69) is 24.1 Å². The van der Waals surface area contributed by atoms with Crippen molar-refractivity contribution in [1.29, 1.82) is 0 Å². The first kappa shape index (κ1) is 18.7. The molecule has 0 bridgehead atoms. The normalized spacial score (nSPS) is 10.5. The Morgan fingerprint density at radius 1 is 0.889 bits per heavy atom. The van der Waals surface area contributed by atoms with Crippen LogP contribution in [0.4, 0.5) is 17.3 Å². The number of anilines is 3. The van der Waals surface area contributed by atoms with Crippen LogP contribution in [0.25, 0.3) is 11.4 Å². The predicted octanol–water partition coefficient (Wildman–Crippen LogP) is 5.13. The molecule has 0 unspecified atom stereocenters. The van der Waals surface area contributed by atoms with Gasteiger partial charge in [-0.1, -0.05) is 42.5 Å². The molecule has 0 amide bonds. The van der Waals surface area contributed by atoms with E-state index in [1.54, 1.807) is 0 Å². The number of hydrogen-bond donors (Lipinski definition) is 1. The molecule has 140 valence electrons. The molecule has 0 fully saturated rings. The molecule has 1 N–H and O–H groups in total. The molecular formula is C22H26N4O. The Morgan fingerprint density at radius 3 is 2.30 bits per heavy atom. The quantitative estimate of drug-likeness (QED) is 0.602. The first-order valence-electron chi connectivity index (χ1n) is 9.43. The molecule has 0 aliphatic heterocycles. The van der Waals surface area contributed by atoms with Crippen LogP contribution in [0.1, 0.15) is 20.8 Å². The lowest BCUT2D eigenvalue weighted by Gasteiger charge is -2.21. The van der Waals surface area contributed by atoms with Gasteiger partial charge < -0.3 is 15.0 Å². The van der Waals surface area contributed by atoms with Crippen LogP contribution >= 0.6 is 0 Å². The van der Waals surface area contributed by atoms with E-state index in [-0.39, 0.29) is 0 Å². The molecule has 5 nitrogen and oxygen atoms in total. The summed E-state index contributed by atoms with van der Waals surface area (Å²) >= 11 is 0. The number of aromatic nitrogens is 2.